The number of nitriles is 2. The zero-order valence-electron chi connectivity index (χ0n) is 28.5. The number of rotatable bonds is 2. The van der Waals surface area contributed by atoms with E-state index in [2.05, 4.69) is 37.4 Å². The SMILES string of the molecule is [C-]#[N+]C(C#N)=C1C(=Nc2cc3sc4c(c3s2)C(C)(C)C2=C4C(C)(C)c3cc(N=C4C(=O)c5ccccc5/C4=C(/C#N)[N+]#[C-])sc32)C(=O)c2ccccc21. The highest BCUT2D eigenvalue weighted by Gasteiger charge is 2.53. The smallest absolute Gasteiger partial charge is 0.271 e. The summed E-state index contributed by atoms with van der Waals surface area (Å²) in [6, 6.07) is 22.0. The van der Waals surface area contributed by atoms with E-state index in [0.717, 1.165) is 19.8 Å². The van der Waals surface area contributed by atoms with Gasteiger partial charge < -0.3 is 0 Å². The third kappa shape index (κ3) is 4.22. The lowest BCUT2D eigenvalue weighted by atomic mass is 9.81. The molecule has 0 radical (unpaired) electrons. The molecule has 0 bridgehead atoms. The molecular weight excluding hydrogens is 717 g/mol. The number of fused-ring (bicyclic) bond motifs is 8. The van der Waals surface area contributed by atoms with E-state index >= 15 is 0 Å². The van der Waals surface area contributed by atoms with Crippen LogP contribution in [0.5, 0.6) is 0 Å². The minimum atomic E-state index is -0.402. The van der Waals surface area contributed by atoms with Gasteiger partial charge in [-0.2, -0.15) is 0 Å². The Bertz CT molecular complexity index is 2950. The van der Waals surface area contributed by atoms with Crippen LogP contribution < -0.4 is 0 Å². The number of carbonyl (C=O) groups is 2. The van der Waals surface area contributed by atoms with Crippen LogP contribution >= 0.6 is 34.0 Å². The molecule has 4 aliphatic rings. The van der Waals surface area contributed by atoms with Crippen LogP contribution in [0.3, 0.4) is 0 Å². The van der Waals surface area contributed by atoms with Gasteiger partial charge in [0.15, 0.2) is 0 Å². The normalized spacial score (nSPS) is 20.5. The van der Waals surface area contributed by atoms with Crippen LogP contribution in [0.4, 0.5) is 10.0 Å². The summed E-state index contributed by atoms with van der Waals surface area (Å²) in [5.74, 6) is -0.601. The molecule has 5 aromatic rings. The van der Waals surface area contributed by atoms with Gasteiger partial charge in [-0.25, -0.2) is 30.2 Å². The first-order chi connectivity index (χ1) is 25.5. The Labute approximate surface area is 316 Å². The van der Waals surface area contributed by atoms with Crippen LogP contribution in [0.2, 0.25) is 0 Å². The third-order valence-corrected chi connectivity index (χ3v) is 13.8. The maximum atomic E-state index is 13.6. The van der Waals surface area contributed by atoms with Crippen molar-refractivity contribution < 1.29 is 9.59 Å². The van der Waals surface area contributed by atoms with Gasteiger partial charge >= 0.3 is 0 Å². The lowest BCUT2D eigenvalue weighted by Gasteiger charge is -2.24. The molecule has 3 aromatic heterocycles. The molecule has 0 unspecified atom stereocenters. The standard InChI is InChI=1S/C42H22N6O2S3/c1-41(2)23-15-27(47-34-29(24(17-43)45-5)19-11-7-9-13-21(19)36(34)49)52-38(23)31-32(41)40-33(42(31,3)4)39-26(51-40)16-28(53-39)48-35-30(25(18-44)46-6)20-12-8-10-14-22(20)37(35)50/h7-16H,1-4H3/b29-24+,30-25?,47-34?,48-35?. The molecule has 11 heteroatoms. The Morgan fingerprint density at radius 1 is 0.679 bits per heavy atom. The van der Waals surface area contributed by atoms with Gasteiger partial charge in [0.1, 0.15) is 21.4 Å². The van der Waals surface area contributed by atoms with Crippen LogP contribution in [0.1, 0.15) is 80.4 Å². The predicted molar refractivity (Wildman–Crippen MR) is 211 cm³/mol. The summed E-state index contributed by atoms with van der Waals surface area (Å²) in [6.07, 6.45) is 0. The zero-order chi connectivity index (χ0) is 37.1. The Balaban J connectivity index is 1.14. The monoisotopic (exact) mass is 738 g/mol. The fraction of sp³-hybridized carbons (Fsp3) is 0.143. The molecule has 0 spiro atoms. The van der Waals surface area contributed by atoms with Crippen molar-refractivity contribution in [3.63, 3.8) is 0 Å². The molecule has 0 amide bonds. The largest absolute Gasteiger partial charge is 0.287 e. The summed E-state index contributed by atoms with van der Waals surface area (Å²) < 4.78 is 2.15. The highest BCUT2D eigenvalue weighted by molar-refractivity contribution is 7.30. The average molecular weight is 739 g/mol. The van der Waals surface area contributed by atoms with Gasteiger partial charge in [-0.15, -0.1) is 34.0 Å². The number of Topliss-reactive ketones (excluding diaryl/α,β-unsaturated/α-hetero) is 2. The van der Waals surface area contributed by atoms with E-state index in [-0.39, 0.29) is 50.9 Å². The summed E-state index contributed by atoms with van der Waals surface area (Å²) in [7, 11) is 0. The second-order valence-corrected chi connectivity index (χ2v) is 17.1. The number of thiophene rings is 3. The molecule has 250 valence electrons. The van der Waals surface area contributed by atoms with Gasteiger partial charge in [-0.1, -0.05) is 76.2 Å². The number of benzene rings is 2. The van der Waals surface area contributed by atoms with Crippen LogP contribution in [0.15, 0.2) is 82.0 Å². The van der Waals surface area contributed by atoms with E-state index in [1.165, 1.54) is 44.3 Å². The topological polar surface area (TPSA) is 115 Å². The Kier molecular flexibility index (Phi) is 6.81. The highest BCUT2D eigenvalue weighted by Crippen LogP contribution is 2.68. The molecule has 0 saturated heterocycles. The molecule has 4 aliphatic carbocycles. The van der Waals surface area contributed by atoms with Crippen LogP contribution in [-0.4, -0.2) is 23.0 Å². The van der Waals surface area contributed by atoms with Crippen molar-refractivity contribution in [2.75, 3.05) is 0 Å². The molecular formula is C42H22N6O2S3. The lowest BCUT2D eigenvalue weighted by molar-refractivity contribution is 0.106. The van der Waals surface area contributed by atoms with E-state index in [1.54, 1.807) is 59.9 Å². The van der Waals surface area contributed by atoms with Crippen molar-refractivity contribution in [2.24, 2.45) is 9.98 Å². The number of hydrogen-bond acceptors (Lipinski definition) is 9. The fourth-order valence-electron chi connectivity index (χ4n) is 8.16. The van der Waals surface area contributed by atoms with Crippen molar-refractivity contribution in [3.8, 4) is 12.1 Å². The Morgan fingerprint density at radius 2 is 1.17 bits per heavy atom. The first-order valence-electron chi connectivity index (χ1n) is 16.4. The van der Waals surface area contributed by atoms with Crippen LogP contribution in [0, 0.1) is 35.8 Å². The number of aliphatic imine (C=N–C) groups is 2. The summed E-state index contributed by atoms with van der Waals surface area (Å²) in [4.78, 5) is 46.0. The molecule has 0 atom stereocenters. The number of ketones is 2. The van der Waals surface area contributed by atoms with E-state index in [1.807, 2.05) is 24.3 Å². The van der Waals surface area contributed by atoms with E-state index in [4.69, 9.17) is 23.1 Å². The molecule has 0 fully saturated rings. The van der Waals surface area contributed by atoms with Crippen molar-refractivity contribution >= 4 is 98.7 Å². The predicted octanol–water partition coefficient (Wildman–Crippen LogP) is 10.8. The summed E-state index contributed by atoms with van der Waals surface area (Å²) >= 11 is 4.73. The minimum Gasteiger partial charge on any atom is -0.287 e. The lowest BCUT2D eigenvalue weighted by Crippen LogP contribution is -2.16. The van der Waals surface area contributed by atoms with Crippen LogP contribution in [0.25, 0.3) is 41.4 Å². The quantitative estimate of drug-likeness (QED) is 0.132. The maximum absolute atomic E-state index is 13.6. The van der Waals surface area contributed by atoms with Gasteiger partial charge in [0.25, 0.3) is 11.4 Å². The average Bonchev–Trinajstić information content (AvgIpc) is 3.98. The van der Waals surface area contributed by atoms with Crippen molar-refractivity contribution in [2.45, 2.75) is 38.5 Å². The Hall–Kier alpha value is -6.34. The molecule has 8 nitrogen and oxygen atoms in total. The second-order valence-electron chi connectivity index (χ2n) is 14.0. The van der Waals surface area contributed by atoms with E-state index < -0.39 is 5.41 Å². The first-order valence-corrected chi connectivity index (χ1v) is 18.9. The third-order valence-electron chi connectivity index (χ3n) is 10.5. The zero-order valence-corrected chi connectivity index (χ0v) is 30.9. The molecule has 3 heterocycles. The summed E-state index contributed by atoms with van der Waals surface area (Å²) in [6.45, 7) is 24.1. The second kappa shape index (κ2) is 11.1. The first kappa shape index (κ1) is 32.6. The molecule has 0 N–H and O–H groups in total. The molecule has 2 aromatic carbocycles. The Morgan fingerprint density at radius 3 is 1.68 bits per heavy atom. The molecule has 9 rings (SSSR count). The van der Waals surface area contributed by atoms with Crippen molar-refractivity contribution in [3.05, 3.63) is 138 Å². The van der Waals surface area contributed by atoms with Gasteiger partial charge in [-0.05, 0) is 45.5 Å². The number of hydrogen-bond donors (Lipinski definition) is 0. The summed E-state index contributed by atoms with van der Waals surface area (Å²) in [5.41, 5.74) is 6.48. The van der Waals surface area contributed by atoms with Gasteiger partial charge in [0.05, 0.1) is 30.0 Å². The van der Waals surface area contributed by atoms with Gasteiger partial charge in [0.2, 0.25) is 11.6 Å². The van der Waals surface area contributed by atoms with E-state index in [0.29, 0.717) is 32.3 Å². The van der Waals surface area contributed by atoms with Gasteiger partial charge in [-0.3, -0.25) is 9.59 Å². The van der Waals surface area contributed by atoms with Crippen molar-refractivity contribution in [1.29, 1.82) is 10.5 Å². The fourth-order valence-corrected chi connectivity index (χ4v) is 12.6. The highest BCUT2D eigenvalue weighted by atomic mass is 32.1. The molecule has 0 aliphatic heterocycles. The maximum Gasteiger partial charge on any atom is 0.271 e. The molecule has 0 saturated carbocycles. The summed E-state index contributed by atoms with van der Waals surface area (Å²) in [5, 5.41) is 20.8. The van der Waals surface area contributed by atoms with Crippen LogP contribution in [-0.2, 0) is 10.8 Å². The number of nitrogens with zero attached hydrogens (tertiary/aromatic N) is 6. The van der Waals surface area contributed by atoms with Gasteiger partial charge in [0, 0.05) is 47.6 Å². The van der Waals surface area contributed by atoms with Crippen molar-refractivity contribution in [1.82, 2.24) is 0 Å². The number of carbonyl (C=O) groups excluding carboxylic acids is 2. The molecule has 53 heavy (non-hydrogen) atoms. The number of allylic oxidation sites excluding steroid dienone is 6. The minimum absolute atomic E-state index is 0.114. The van der Waals surface area contributed by atoms with E-state index in [9.17, 15) is 20.1 Å².